The van der Waals surface area contributed by atoms with Gasteiger partial charge in [-0.3, -0.25) is 0 Å². The van der Waals surface area contributed by atoms with Crippen molar-refractivity contribution < 1.29 is 4.74 Å². The second-order valence-electron chi connectivity index (χ2n) is 5.41. The van der Waals surface area contributed by atoms with E-state index < -0.39 is 0 Å². The van der Waals surface area contributed by atoms with Crippen LogP contribution in [0.5, 0.6) is 0 Å². The molecule has 110 valence electrons. The summed E-state index contributed by atoms with van der Waals surface area (Å²) in [4.78, 5) is 9.34. The lowest BCUT2D eigenvalue weighted by molar-refractivity contribution is 0.185. The summed E-state index contributed by atoms with van der Waals surface area (Å²) in [5.74, 6) is 0.716. The van der Waals surface area contributed by atoms with E-state index in [-0.39, 0.29) is 0 Å². The number of rotatable bonds is 3. The van der Waals surface area contributed by atoms with E-state index in [1.165, 1.54) is 19.3 Å². The van der Waals surface area contributed by atoms with Gasteiger partial charge in [-0.25, -0.2) is 9.97 Å². The van der Waals surface area contributed by atoms with Crippen molar-refractivity contribution >= 4 is 11.6 Å². The second kappa shape index (κ2) is 6.54. The molecule has 1 aromatic heterocycles. The first-order chi connectivity index (χ1) is 10.3. The van der Waals surface area contributed by atoms with Gasteiger partial charge in [-0.1, -0.05) is 42.3 Å². The van der Waals surface area contributed by atoms with E-state index in [0.29, 0.717) is 17.6 Å². The molecule has 4 heteroatoms. The maximum Gasteiger partial charge on any atom is 0.161 e. The van der Waals surface area contributed by atoms with Crippen LogP contribution < -0.4 is 0 Å². The van der Waals surface area contributed by atoms with Crippen LogP contribution in [-0.2, 0) is 24.2 Å². The van der Waals surface area contributed by atoms with E-state index in [9.17, 15) is 0 Å². The first kappa shape index (κ1) is 14.5. The van der Waals surface area contributed by atoms with Crippen LogP contribution in [0.2, 0.25) is 5.15 Å². The summed E-state index contributed by atoms with van der Waals surface area (Å²) in [5.41, 5.74) is 4.36. The van der Waals surface area contributed by atoms with Crippen molar-refractivity contribution in [2.24, 2.45) is 0 Å². The van der Waals surface area contributed by atoms with E-state index in [0.717, 1.165) is 35.2 Å². The van der Waals surface area contributed by atoms with E-state index in [4.69, 9.17) is 21.3 Å². The minimum Gasteiger partial charge on any atom is -0.380 e. The molecule has 0 fully saturated rings. The number of ether oxygens (including phenoxy) is 1. The van der Waals surface area contributed by atoms with Gasteiger partial charge in [0.1, 0.15) is 5.15 Å². The highest BCUT2D eigenvalue weighted by atomic mass is 35.5. The molecule has 2 aromatic rings. The van der Waals surface area contributed by atoms with Crippen LogP contribution in [0.4, 0.5) is 0 Å². The minimum absolute atomic E-state index is 0.550. The van der Waals surface area contributed by atoms with Gasteiger partial charge >= 0.3 is 0 Å². The van der Waals surface area contributed by atoms with Gasteiger partial charge in [0.2, 0.25) is 0 Å². The first-order valence-corrected chi connectivity index (χ1v) is 7.80. The Morgan fingerprint density at radius 3 is 2.76 bits per heavy atom. The predicted octanol–water partition coefficient (Wildman–Crippen LogP) is 4.21. The van der Waals surface area contributed by atoms with Gasteiger partial charge in [-0.05, 0) is 31.2 Å². The zero-order chi connectivity index (χ0) is 14.7. The van der Waals surface area contributed by atoms with Crippen LogP contribution in [0, 0.1) is 0 Å². The molecule has 0 saturated heterocycles. The van der Waals surface area contributed by atoms with Gasteiger partial charge in [-0.15, -0.1) is 0 Å². The third kappa shape index (κ3) is 3.09. The summed E-state index contributed by atoms with van der Waals surface area (Å²) in [5, 5.41) is 0.615. The number of nitrogens with zero attached hydrogens (tertiary/aromatic N) is 2. The van der Waals surface area contributed by atoms with Gasteiger partial charge in [0, 0.05) is 23.9 Å². The Morgan fingerprint density at radius 1 is 1.10 bits per heavy atom. The molecule has 1 aliphatic carbocycles. The number of aryl methyl sites for hydroxylation is 1. The van der Waals surface area contributed by atoms with Gasteiger partial charge < -0.3 is 4.74 Å². The summed E-state index contributed by atoms with van der Waals surface area (Å²) in [6.45, 7) is 0.550. The van der Waals surface area contributed by atoms with Crippen molar-refractivity contribution in [2.45, 2.75) is 38.7 Å². The molecule has 1 heterocycles. The third-order valence-electron chi connectivity index (χ3n) is 3.94. The fourth-order valence-corrected chi connectivity index (χ4v) is 3.15. The quantitative estimate of drug-likeness (QED) is 0.629. The first-order valence-electron chi connectivity index (χ1n) is 7.42. The van der Waals surface area contributed by atoms with Crippen LogP contribution in [0.1, 0.15) is 36.1 Å². The van der Waals surface area contributed by atoms with Crippen molar-refractivity contribution in [2.75, 3.05) is 7.11 Å². The van der Waals surface area contributed by atoms with E-state index in [1.807, 2.05) is 24.3 Å². The number of fused-ring (bicyclic) bond motifs is 1. The zero-order valence-corrected chi connectivity index (χ0v) is 13.0. The van der Waals surface area contributed by atoms with Crippen LogP contribution >= 0.6 is 11.6 Å². The van der Waals surface area contributed by atoms with Crippen LogP contribution in [-0.4, -0.2) is 17.1 Å². The smallest absolute Gasteiger partial charge is 0.161 e. The molecule has 0 aliphatic heterocycles. The summed E-state index contributed by atoms with van der Waals surface area (Å²) >= 11 is 6.42. The molecule has 0 atom stereocenters. The Morgan fingerprint density at radius 2 is 1.90 bits per heavy atom. The molecule has 0 bridgehead atoms. The van der Waals surface area contributed by atoms with E-state index >= 15 is 0 Å². The number of hydrogen-bond donors (Lipinski definition) is 0. The molecular formula is C17H19ClN2O. The summed E-state index contributed by atoms with van der Waals surface area (Å²) in [6, 6.07) is 8.07. The van der Waals surface area contributed by atoms with Gasteiger partial charge in [0.15, 0.2) is 5.82 Å². The summed E-state index contributed by atoms with van der Waals surface area (Å²) < 4.78 is 5.26. The highest BCUT2D eigenvalue weighted by molar-refractivity contribution is 6.30. The third-order valence-corrected chi connectivity index (χ3v) is 4.25. The molecular weight excluding hydrogens is 284 g/mol. The van der Waals surface area contributed by atoms with E-state index in [1.54, 1.807) is 7.11 Å². The molecule has 0 N–H and O–H groups in total. The Balaban J connectivity index is 2.07. The SMILES string of the molecule is COCc1ccccc1-c1nc(Cl)c2c(n1)CCCCC2. The summed E-state index contributed by atoms with van der Waals surface area (Å²) in [6.07, 6.45) is 5.59. The average molecular weight is 303 g/mol. The fourth-order valence-electron chi connectivity index (χ4n) is 2.87. The van der Waals surface area contributed by atoms with Gasteiger partial charge in [-0.2, -0.15) is 0 Å². The molecule has 0 unspecified atom stereocenters. The van der Waals surface area contributed by atoms with Crippen molar-refractivity contribution in [3.63, 3.8) is 0 Å². The van der Waals surface area contributed by atoms with Crippen LogP contribution in [0.3, 0.4) is 0 Å². The topological polar surface area (TPSA) is 35.0 Å². The van der Waals surface area contributed by atoms with Crippen molar-refractivity contribution in [1.82, 2.24) is 9.97 Å². The van der Waals surface area contributed by atoms with Crippen molar-refractivity contribution in [1.29, 1.82) is 0 Å². The molecule has 0 spiro atoms. The highest BCUT2D eigenvalue weighted by Gasteiger charge is 2.17. The predicted molar refractivity (Wildman–Crippen MR) is 84.5 cm³/mol. The Hall–Kier alpha value is -1.45. The fraction of sp³-hybridized carbons (Fsp3) is 0.412. The highest BCUT2D eigenvalue weighted by Crippen LogP contribution is 2.29. The Bertz CT molecular complexity index is 643. The molecule has 0 amide bonds. The zero-order valence-electron chi connectivity index (χ0n) is 12.2. The number of benzene rings is 1. The lowest BCUT2D eigenvalue weighted by Gasteiger charge is -2.12. The van der Waals surface area contributed by atoms with Gasteiger partial charge in [0.25, 0.3) is 0 Å². The Labute approximate surface area is 130 Å². The lowest BCUT2D eigenvalue weighted by Crippen LogP contribution is -2.03. The van der Waals surface area contributed by atoms with Crippen molar-refractivity contribution in [3.8, 4) is 11.4 Å². The number of methoxy groups -OCH3 is 1. The van der Waals surface area contributed by atoms with Crippen LogP contribution in [0.15, 0.2) is 24.3 Å². The van der Waals surface area contributed by atoms with Gasteiger partial charge in [0.05, 0.1) is 6.61 Å². The van der Waals surface area contributed by atoms with Crippen LogP contribution in [0.25, 0.3) is 11.4 Å². The lowest BCUT2D eigenvalue weighted by atomic mass is 10.1. The largest absolute Gasteiger partial charge is 0.380 e. The normalized spacial score (nSPS) is 14.6. The molecule has 0 radical (unpaired) electrons. The molecule has 1 aliphatic rings. The molecule has 1 aromatic carbocycles. The molecule has 21 heavy (non-hydrogen) atoms. The monoisotopic (exact) mass is 302 g/mol. The number of halogens is 1. The maximum absolute atomic E-state index is 6.42. The minimum atomic E-state index is 0.550. The second-order valence-corrected chi connectivity index (χ2v) is 5.77. The Kier molecular flexibility index (Phi) is 4.51. The molecule has 3 rings (SSSR count). The number of hydrogen-bond acceptors (Lipinski definition) is 3. The summed E-state index contributed by atoms with van der Waals surface area (Å²) in [7, 11) is 1.70. The number of aromatic nitrogens is 2. The van der Waals surface area contributed by atoms with Crippen molar-refractivity contribution in [3.05, 3.63) is 46.2 Å². The maximum atomic E-state index is 6.42. The van der Waals surface area contributed by atoms with E-state index in [2.05, 4.69) is 4.98 Å². The molecule has 3 nitrogen and oxygen atoms in total. The standard InChI is InChI=1S/C17H19ClN2O/c1-21-11-12-7-5-6-8-13(12)17-19-15-10-4-2-3-9-14(15)16(18)20-17/h5-8H,2-4,9-11H2,1H3. The average Bonchev–Trinajstić information content (AvgIpc) is 2.74. The molecule has 0 saturated carbocycles.